The fourth-order valence-electron chi connectivity index (χ4n) is 5.67. The second-order valence-electron chi connectivity index (χ2n) is 9.98. The summed E-state index contributed by atoms with van der Waals surface area (Å²) in [5.41, 5.74) is 3.80. The molecule has 0 amide bonds. The Morgan fingerprint density at radius 3 is 2.69 bits per heavy atom. The summed E-state index contributed by atoms with van der Waals surface area (Å²) < 4.78 is 19.1. The minimum absolute atomic E-state index is 0.0483. The van der Waals surface area contributed by atoms with E-state index >= 15 is 0 Å². The van der Waals surface area contributed by atoms with Gasteiger partial charge in [-0.3, -0.25) is 24.3 Å². The summed E-state index contributed by atoms with van der Waals surface area (Å²) in [7, 11) is 3.20. The lowest BCUT2D eigenvalue weighted by Gasteiger charge is -2.19. The number of rotatable bonds is 3. The van der Waals surface area contributed by atoms with Crippen molar-refractivity contribution in [2.24, 2.45) is 0 Å². The number of ether oxygens (including phenoxy) is 3. The molecule has 0 aliphatic carbocycles. The highest BCUT2D eigenvalue weighted by atomic mass is 16.5. The van der Waals surface area contributed by atoms with Crippen LogP contribution in [-0.4, -0.2) is 64.6 Å². The molecule has 198 valence electrons. The molecule has 1 fully saturated rings. The molecule has 0 spiro atoms. The Morgan fingerprint density at radius 2 is 1.85 bits per heavy atom. The van der Waals surface area contributed by atoms with Crippen LogP contribution in [0.3, 0.4) is 0 Å². The van der Waals surface area contributed by atoms with Gasteiger partial charge in [-0.15, -0.1) is 0 Å². The number of aromatic nitrogens is 4. The van der Waals surface area contributed by atoms with Gasteiger partial charge in [0.05, 0.1) is 37.2 Å². The molecule has 7 rings (SSSR count). The van der Waals surface area contributed by atoms with Crippen LogP contribution in [0.1, 0.15) is 6.42 Å². The van der Waals surface area contributed by atoms with Gasteiger partial charge in [0.2, 0.25) is 0 Å². The molecular formula is C29H27N5O5. The number of benzene rings is 3. The third-order valence-electron chi connectivity index (χ3n) is 7.68. The summed E-state index contributed by atoms with van der Waals surface area (Å²) in [5, 5.41) is 3.77. The van der Waals surface area contributed by atoms with Crippen LogP contribution in [-0.2, 0) is 6.54 Å². The highest BCUT2D eigenvalue weighted by Crippen LogP contribution is 2.37. The van der Waals surface area contributed by atoms with Crippen molar-refractivity contribution < 1.29 is 14.2 Å². The highest BCUT2D eigenvalue weighted by molar-refractivity contribution is 5.94. The van der Waals surface area contributed by atoms with E-state index in [1.54, 1.807) is 31.0 Å². The number of nitrogens with zero attached hydrogens (tertiary/aromatic N) is 3. The Labute approximate surface area is 222 Å². The molecular weight excluding hydrogens is 498 g/mol. The second-order valence-corrected chi connectivity index (χ2v) is 9.98. The largest absolute Gasteiger partial charge is 0.493 e. The van der Waals surface area contributed by atoms with E-state index in [1.165, 1.54) is 0 Å². The highest BCUT2D eigenvalue weighted by Gasteiger charge is 2.26. The van der Waals surface area contributed by atoms with Crippen LogP contribution < -0.4 is 25.3 Å². The van der Waals surface area contributed by atoms with E-state index in [2.05, 4.69) is 15.0 Å². The fraction of sp³-hybridized carbons (Fsp3) is 0.276. The number of fused-ring (bicyclic) bond motifs is 5. The molecule has 2 atom stereocenters. The lowest BCUT2D eigenvalue weighted by molar-refractivity contribution is 0.199. The number of H-pyrrole nitrogens is 2. The van der Waals surface area contributed by atoms with Crippen LogP contribution in [0.4, 0.5) is 0 Å². The predicted octanol–water partition coefficient (Wildman–Crippen LogP) is 3.38. The Hall–Kier alpha value is -4.57. The molecule has 2 N–H and O–H groups in total. The smallest absolute Gasteiger partial charge is 0.275 e. The van der Waals surface area contributed by atoms with E-state index in [0.717, 1.165) is 30.6 Å². The lowest BCUT2D eigenvalue weighted by Crippen LogP contribution is -2.30. The van der Waals surface area contributed by atoms with Crippen molar-refractivity contribution in [2.75, 3.05) is 33.9 Å². The Bertz CT molecular complexity index is 1870. The van der Waals surface area contributed by atoms with E-state index in [9.17, 15) is 9.59 Å². The lowest BCUT2D eigenvalue weighted by atomic mass is 10.0. The molecule has 1 saturated heterocycles. The monoisotopic (exact) mass is 525 g/mol. The first-order valence-electron chi connectivity index (χ1n) is 12.9. The number of hydrogen-bond donors (Lipinski definition) is 2. The predicted molar refractivity (Wildman–Crippen MR) is 148 cm³/mol. The zero-order valence-corrected chi connectivity index (χ0v) is 21.6. The minimum atomic E-state index is -0.349. The summed E-state index contributed by atoms with van der Waals surface area (Å²) in [5.74, 6) is 1.83. The van der Waals surface area contributed by atoms with Gasteiger partial charge < -0.3 is 19.2 Å². The summed E-state index contributed by atoms with van der Waals surface area (Å²) in [6.45, 7) is 2.84. The van der Waals surface area contributed by atoms with Crippen molar-refractivity contribution >= 4 is 21.9 Å². The average molecular weight is 526 g/mol. The van der Waals surface area contributed by atoms with Crippen molar-refractivity contribution in [2.45, 2.75) is 19.1 Å². The second kappa shape index (κ2) is 9.02. The molecule has 1 unspecified atom stereocenters. The maximum atomic E-state index is 13.4. The van der Waals surface area contributed by atoms with E-state index in [-0.39, 0.29) is 22.9 Å². The van der Waals surface area contributed by atoms with E-state index in [4.69, 9.17) is 19.2 Å². The van der Waals surface area contributed by atoms with Crippen molar-refractivity contribution in [3.8, 4) is 39.6 Å². The average Bonchev–Trinajstić information content (AvgIpc) is 3.54. The maximum Gasteiger partial charge on any atom is 0.275 e. The van der Waals surface area contributed by atoms with Crippen LogP contribution in [0.2, 0.25) is 0 Å². The summed E-state index contributed by atoms with van der Waals surface area (Å²) >= 11 is 0. The fourth-order valence-corrected chi connectivity index (χ4v) is 5.67. The SMILES string of the molecule is COc1ccc(-c2cc3c4nc(c(=O)[nH]c4c2)-c2cccc4c(=O)n([nH]c24)CCN2CC[C@@H](C2)O3)cc1OC. The van der Waals surface area contributed by atoms with E-state index in [1.807, 2.05) is 36.4 Å². The first-order valence-corrected chi connectivity index (χ1v) is 12.9. The van der Waals surface area contributed by atoms with Gasteiger partial charge in [0, 0.05) is 25.2 Å². The topological polar surface area (TPSA) is 114 Å². The maximum absolute atomic E-state index is 13.4. The number of aromatic amines is 2. The summed E-state index contributed by atoms with van der Waals surface area (Å²) in [6.07, 6.45) is 0.801. The van der Waals surface area contributed by atoms with Crippen molar-refractivity contribution in [3.05, 3.63) is 69.2 Å². The number of para-hydroxylation sites is 1. The Morgan fingerprint density at radius 1 is 0.974 bits per heavy atom. The van der Waals surface area contributed by atoms with Crippen LogP contribution in [0.15, 0.2) is 58.1 Å². The molecule has 4 heterocycles. The quantitative estimate of drug-likeness (QED) is 0.371. The third-order valence-corrected chi connectivity index (χ3v) is 7.68. The Kier molecular flexibility index (Phi) is 5.44. The molecule has 3 aromatic carbocycles. The van der Waals surface area contributed by atoms with Gasteiger partial charge >= 0.3 is 0 Å². The van der Waals surface area contributed by atoms with Gasteiger partial charge in [-0.2, -0.15) is 0 Å². The molecule has 2 aliphatic rings. The minimum Gasteiger partial charge on any atom is -0.493 e. The third kappa shape index (κ3) is 3.87. The number of hydrogen-bond acceptors (Lipinski definition) is 7. The van der Waals surface area contributed by atoms with Crippen molar-refractivity contribution in [3.63, 3.8) is 0 Å². The molecule has 10 heteroatoms. The van der Waals surface area contributed by atoms with Gasteiger partial charge in [-0.1, -0.05) is 18.2 Å². The van der Waals surface area contributed by atoms with Crippen LogP contribution in [0.25, 0.3) is 44.3 Å². The van der Waals surface area contributed by atoms with Crippen molar-refractivity contribution in [1.82, 2.24) is 24.6 Å². The molecule has 0 saturated carbocycles. The van der Waals surface area contributed by atoms with E-state index in [0.29, 0.717) is 57.8 Å². The van der Waals surface area contributed by atoms with E-state index < -0.39 is 0 Å². The number of methoxy groups -OCH3 is 2. The molecule has 6 bridgehead atoms. The molecule has 2 aromatic heterocycles. The van der Waals surface area contributed by atoms with Crippen LogP contribution in [0.5, 0.6) is 17.2 Å². The van der Waals surface area contributed by atoms with Crippen molar-refractivity contribution in [1.29, 1.82) is 0 Å². The Balaban J connectivity index is 1.48. The first kappa shape index (κ1) is 23.5. The van der Waals surface area contributed by atoms with Crippen LogP contribution in [0, 0.1) is 0 Å². The van der Waals surface area contributed by atoms with Gasteiger partial charge in [-0.05, 0) is 47.9 Å². The molecule has 10 nitrogen and oxygen atoms in total. The summed E-state index contributed by atoms with van der Waals surface area (Å²) in [4.78, 5) is 36.7. The number of nitrogens with one attached hydrogen (secondary N) is 2. The molecule has 0 radical (unpaired) electrons. The van der Waals surface area contributed by atoms with Gasteiger partial charge in [-0.25, -0.2) is 4.98 Å². The van der Waals surface area contributed by atoms with Gasteiger partial charge in [0.25, 0.3) is 11.1 Å². The van der Waals surface area contributed by atoms with Crippen LogP contribution >= 0.6 is 0 Å². The molecule has 5 aromatic rings. The normalized spacial score (nSPS) is 18.4. The first-order chi connectivity index (χ1) is 19.0. The van der Waals surface area contributed by atoms with Gasteiger partial charge in [0.1, 0.15) is 23.1 Å². The molecule has 39 heavy (non-hydrogen) atoms. The molecule has 2 aliphatic heterocycles. The van der Waals surface area contributed by atoms with Gasteiger partial charge in [0.15, 0.2) is 11.5 Å². The summed E-state index contributed by atoms with van der Waals surface area (Å²) in [6, 6.07) is 14.9. The zero-order chi connectivity index (χ0) is 26.7. The zero-order valence-electron chi connectivity index (χ0n) is 21.6. The standard InChI is InChI=1S/C29H27N5O5/c1-37-22-7-6-16(13-23(22)38-2)17-12-21-27-24(14-17)39-18-8-9-33(15-18)10-11-34-29(36)20-5-3-4-19(25(20)32-34)26(31-27)28(35)30-21/h3-7,12-14,18,32H,8-11,15H2,1-2H3,(H,30,35)/t18-/m0/s1.